The predicted molar refractivity (Wildman–Crippen MR) is 77.8 cm³/mol. The highest BCUT2D eigenvalue weighted by molar-refractivity contribution is 7.89. The van der Waals surface area contributed by atoms with E-state index in [9.17, 15) is 12.8 Å². The predicted octanol–water partition coefficient (Wildman–Crippen LogP) is 2.45. The van der Waals surface area contributed by atoms with E-state index in [4.69, 9.17) is 16.7 Å². The number of benzene rings is 2. The molecule has 0 aliphatic carbocycles. The van der Waals surface area contributed by atoms with Gasteiger partial charge in [0.1, 0.15) is 10.7 Å². The Morgan fingerprint density at radius 1 is 1.14 bits per heavy atom. The molecule has 4 nitrogen and oxygen atoms in total. The van der Waals surface area contributed by atoms with Gasteiger partial charge in [-0.05, 0) is 35.4 Å². The van der Waals surface area contributed by atoms with Crippen LogP contribution in [0.3, 0.4) is 0 Å². The number of aliphatic hydroxyl groups excluding tert-OH is 1. The van der Waals surface area contributed by atoms with E-state index in [2.05, 4.69) is 4.72 Å². The lowest BCUT2D eigenvalue weighted by molar-refractivity contribution is 0.281. The average Bonchev–Trinajstić information content (AvgIpc) is 2.46. The molecule has 2 rings (SSSR count). The summed E-state index contributed by atoms with van der Waals surface area (Å²) in [7, 11) is -4.01. The Labute approximate surface area is 127 Å². The third-order valence-electron chi connectivity index (χ3n) is 2.82. The minimum Gasteiger partial charge on any atom is -0.392 e. The summed E-state index contributed by atoms with van der Waals surface area (Å²) in [5, 5.41) is 9.49. The van der Waals surface area contributed by atoms with Gasteiger partial charge in [0.05, 0.1) is 6.61 Å². The first-order valence-electron chi connectivity index (χ1n) is 6.06. The summed E-state index contributed by atoms with van der Waals surface area (Å²) in [5.41, 5.74) is 0.976. The fraction of sp³-hybridized carbons (Fsp3) is 0.143. The van der Waals surface area contributed by atoms with Gasteiger partial charge in [-0.1, -0.05) is 29.8 Å². The molecule has 0 saturated carbocycles. The SMILES string of the molecule is O=S(=O)(NCc1cccc(Cl)c1)c1cc(CO)ccc1F. The molecule has 0 radical (unpaired) electrons. The van der Waals surface area contributed by atoms with Crippen LogP contribution in [0.4, 0.5) is 4.39 Å². The lowest BCUT2D eigenvalue weighted by Crippen LogP contribution is -2.24. The molecule has 0 saturated heterocycles. The summed E-state index contributed by atoms with van der Waals surface area (Å²) >= 11 is 5.81. The number of hydrogen-bond acceptors (Lipinski definition) is 3. The van der Waals surface area contributed by atoms with E-state index in [-0.39, 0.29) is 13.2 Å². The first-order valence-corrected chi connectivity index (χ1v) is 7.92. The van der Waals surface area contributed by atoms with Crippen molar-refractivity contribution in [1.82, 2.24) is 4.72 Å². The Hall–Kier alpha value is -1.47. The van der Waals surface area contributed by atoms with Crippen LogP contribution >= 0.6 is 11.6 Å². The van der Waals surface area contributed by atoms with Crippen LogP contribution in [0.5, 0.6) is 0 Å². The molecule has 21 heavy (non-hydrogen) atoms. The molecule has 0 atom stereocenters. The Bertz CT molecular complexity index is 750. The molecule has 0 aliphatic rings. The Morgan fingerprint density at radius 3 is 2.57 bits per heavy atom. The summed E-state index contributed by atoms with van der Waals surface area (Å²) in [5.74, 6) is -0.870. The minimum absolute atomic E-state index is 0.00825. The van der Waals surface area contributed by atoms with Crippen LogP contribution in [0.25, 0.3) is 0 Å². The van der Waals surface area contributed by atoms with Crippen LogP contribution < -0.4 is 4.72 Å². The Morgan fingerprint density at radius 2 is 1.90 bits per heavy atom. The maximum Gasteiger partial charge on any atom is 0.243 e. The molecule has 0 heterocycles. The van der Waals surface area contributed by atoms with Gasteiger partial charge in [0, 0.05) is 11.6 Å². The Kier molecular flexibility index (Phi) is 4.95. The van der Waals surface area contributed by atoms with Crippen molar-refractivity contribution in [3.63, 3.8) is 0 Å². The third kappa shape index (κ3) is 4.01. The topological polar surface area (TPSA) is 66.4 Å². The van der Waals surface area contributed by atoms with E-state index in [0.29, 0.717) is 16.1 Å². The van der Waals surface area contributed by atoms with E-state index in [1.165, 1.54) is 6.07 Å². The molecule has 2 aromatic carbocycles. The van der Waals surface area contributed by atoms with Crippen LogP contribution in [-0.4, -0.2) is 13.5 Å². The Balaban J connectivity index is 2.22. The van der Waals surface area contributed by atoms with Gasteiger partial charge < -0.3 is 5.11 Å². The molecular formula is C14H13ClFNO3S. The van der Waals surface area contributed by atoms with Crippen molar-refractivity contribution in [2.75, 3.05) is 0 Å². The first-order chi connectivity index (χ1) is 9.92. The van der Waals surface area contributed by atoms with Crippen LogP contribution in [0, 0.1) is 5.82 Å². The third-order valence-corrected chi connectivity index (χ3v) is 4.47. The highest BCUT2D eigenvalue weighted by Gasteiger charge is 2.19. The number of aliphatic hydroxyl groups is 1. The van der Waals surface area contributed by atoms with Gasteiger partial charge in [0.25, 0.3) is 0 Å². The second-order valence-corrected chi connectivity index (χ2v) is 6.55. The second kappa shape index (κ2) is 6.53. The number of nitrogens with one attached hydrogen (secondary N) is 1. The average molecular weight is 330 g/mol. The van der Waals surface area contributed by atoms with Crippen molar-refractivity contribution in [3.05, 3.63) is 64.4 Å². The lowest BCUT2D eigenvalue weighted by Gasteiger charge is -2.09. The zero-order valence-corrected chi connectivity index (χ0v) is 12.5. The molecule has 0 spiro atoms. The van der Waals surface area contributed by atoms with Gasteiger partial charge in [-0.15, -0.1) is 0 Å². The largest absolute Gasteiger partial charge is 0.392 e. The van der Waals surface area contributed by atoms with Gasteiger partial charge >= 0.3 is 0 Å². The molecule has 0 bridgehead atoms. The van der Waals surface area contributed by atoms with Crippen molar-refractivity contribution >= 4 is 21.6 Å². The zero-order chi connectivity index (χ0) is 15.5. The molecule has 2 N–H and O–H groups in total. The van der Waals surface area contributed by atoms with E-state index in [0.717, 1.165) is 12.1 Å². The molecule has 0 aliphatic heterocycles. The monoisotopic (exact) mass is 329 g/mol. The quantitative estimate of drug-likeness (QED) is 0.885. The fourth-order valence-electron chi connectivity index (χ4n) is 1.76. The molecule has 0 fully saturated rings. The van der Waals surface area contributed by atoms with E-state index in [1.807, 2.05) is 0 Å². The molecule has 0 unspecified atom stereocenters. The summed E-state index contributed by atoms with van der Waals surface area (Å²) in [6.45, 7) is -0.372. The van der Waals surface area contributed by atoms with E-state index >= 15 is 0 Å². The molecule has 2 aromatic rings. The zero-order valence-electron chi connectivity index (χ0n) is 10.9. The standard InChI is InChI=1S/C14H13ClFNO3S/c15-12-3-1-2-10(6-12)8-17-21(19,20)14-7-11(9-18)4-5-13(14)16/h1-7,17-18H,8-9H2. The van der Waals surface area contributed by atoms with E-state index < -0.39 is 20.7 Å². The van der Waals surface area contributed by atoms with Crippen LogP contribution in [-0.2, 0) is 23.2 Å². The highest BCUT2D eigenvalue weighted by Crippen LogP contribution is 2.17. The van der Waals surface area contributed by atoms with Gasteiger partial charge in [-0.2, -0.15) is 0 Å². The van der Waals surface area contributed by atoms with E-state index in [1.54, 1.807) is 24.3 Å². The minimum atomic E-state index is -4.01. The molecule has 7 heteroatoms. The molecule has 0 aromatic heterocycles. The van der Waals surface area contributed by atoms with Crippen molar-refractivity contribution in [3.8, 4) is 0 Å². The van der Waals surface area contributed by atoms with Crippen molar-refractivity contribution in [1.29, 1.82) is 0 Å². The second-order valence-electron chi connectivity index (χ2n) is 4.38. The summed E-state index contributed by atoms with van der Waals surface area (Å²) in [4.78, 5) is -0.490. The van der Waals surface area contributed by atoms with Crippen molar-refractivity contribution in [2.45, 2.75) is 18.0 Å². The number of halogens is 2. The summed E-state index contributed by atoms with van der Waals surface area (Å²) < 4.78 is 40.2. The van der Waals surface area contributed by atoms with Crippen LogP contribution in [0.1, 0.15) is 11.1 Å². The van der Waals surface area contributed by atoms with Gasteiger partial charge in [0.2, 0.25) is 10.0 Å². The van der Waals surface area contributed by atoms with Gasteiger partial charge in [-0.25, -0.2) is 17.5 Å². The lowest BCUT2D eigenvalue weighted by atomic mass is 10.2. The summed E-state index contributed by atoms with van der Waals surface area (Å²) in [6, 6.07) is 10.1. The highest BCUT2D eigenvalue weighted by atomic mass is 35.5. The maximum absolute atomic E-state index is 13.7. The molecule has 0 amide bonds. The smallest absolute Gasteiger partial charge is 0.243 e. The number of hydrogen-bond donors (Lipinski definition) is 2. The first kappa shape index (κ1) is 15.9. The summed E-state index contributed by atoms with van der Waals surface area (Å²) in [6.07, 6.45) is 0. The van der Waals surface area contributed by atoms with Gasteiger partial charge in [0.15, 0.2) is 0 Å². The van der Waals surface area contributed by atoms with Crippen molar-refractivity contribution < 1.29 is 17.9 Å². The fourth-order valence-corrected chi connectivity index (χ4v) is 3.11. The van der Waals surface area contributed by atoms with Crippen LogP contribution in [0.15, 0.2) is 47.4 Å². The van der Waals surface area contributed by atoms with Crippen LogP contribution in [0.2, 0.25) is 5.02 Å². The normalized spacial score (nSPS) is 11.6. The molecular weight excluding hydrogens is 317 g/mol. The maximum atomic E-state index is 13.7. The molecule has 112 valence electrons. The van der Waals surface area contributed by atoms with Gasteiger partial charge in [-0.3, -0.25) is 0 Å². The van der Waals surface area contributed by atoms with Crippen molar-refractivity contribution in [2.24, 2.45) is 0 Å². The number of sulfonamides is 1. The number of rotatable bonds is 5.